The van der Waals surface area contributed by atoms with Gasteiger partial charge in [-0.2, -0.15) is 13.2 Å². The zero-order chi connectivity index (χ0) is 12.2. The Balaban J connectivity index is 2.86. The molecule has 0 spiro atoms. The van der Waals surface area contributed by atoms with Crippen LogP contribution in [0.1, 0.15) is 12.0 Å². The molecule has 0 amide bonds. The van der Waals surface area contributed by atoms with Gasteiger partial charge in [-0.3, -0.25) is 0 Å². The molecule has 16 heavy (non-hydrogen) atoms. The minimum absolute atomic E-state index is 0.0442. The summed E-state index contributed by atoms with van der Waals surface area (Å²) in [6.07, 6.45) is 1.73. The van der Waals surface area contributed by atoms with Gasteiger partial charge < -0.3 is 0 Å². The Morgan fingerprint density at radius 3 is 2.56 bits per heavy atom. The highest BCUT2D eigenvalue weighted by Crippen LogP contribution is 2.39. The van der Waals surface area contributed by atoms with Crippen LogP contribution in [0.5, 0.6) is 0 Å². The highest BCUT2D eigenvalue weighted by Gasteiger charge is 2.30. The molecule has 0 aliphatic carbocycles. The Morgan fingerprint density at radius 1 is 1.31 bits per heavy atom. The lowest BCUT2D eigenvalue weighted by Gasteiger charge is -2.10. The summed E-state index contributed by atoms with van der Waals surface area (Å²) in [6.45, 7) is 0. The fourth-order valence-electron chi connectivity index (χ4n) is 1.21. The van der Waals surface area contributed by atoms with Crippen molar-refractivity contribution in [3.63, 3.8) is 0 Å². The monoisotopic (exact) mass is 424 g/mol. The molecule has 0 atom stereocenters. The molecule has 1 aromatic carbocycles. The van der Waals surface area contributed by atoms with E-state index in [9.17, 15) is 13.2 Å². The first-order valence-corrected chi connectivity index (χ1v) is 7.55. The molecule has 1 aromatic rings. The fourth-order valence-corrected chi connectivity index (χ4v) is 3.07. The summed E-state index contributed by atoms with van der Waals surface area (Å²) in [5.74, 6) is 0. The Labute approximate surface area is 119 Å². The molecule has 0 saturated heterocycles. The van der Waals surface area contributed by atoms with Crippen molar-refractivity contribution >= 4 is 50.3 Å². The van der Waals surface area contributed by atoms with E-state index in [4.69, 9.17) is 0 Å². The van der Waals surface area contributed by atoms with Crippen molar-refractivity contribution in [1.29, 1.82) is 0 Å². The summed E-state index contributed by atoms with van der Waals surface area (Å²) in [5, 5.41) is 0.861. The predicted octanol–water partition coefficient (Wildman–Crippen LogP) is 5.23. The first kappa shape index (κ1) is 14.6. The van der Waals surface area contributed by atoms with Gasteiger partial charge in [-0.25, -0.2) is 0 Å². The van der Waals surface area contributed by atoms with Gasteiger partial charge in [0.1, 0.15) is 0 Å². The van der Waals surface area contributed by atoms with Gasteiger partial charge in [-0.1, -0.05) is 28.1 Å². The molecule has 0 nitrogen and oxygen atoms in total. The minimum Gasteiger partial charge on any atom is -0.160 e. The third kappa shape index (κ3) is 4.83. The van der Waals surface area contributed by atoms with Gasteiger partial charge in [0.25, 0.3) is 0 Å². The van der Waals surface area contributed by atoms with Crippen molar-refractivity contribution in [1.82, 2.24) is 0 Å². The van der Waals surface area contributed by atoms with Crippen molar-refractivity contribution in [3.05, 3.63) is 27.3 Å². The van der Waals surface area contributed by atoms with Crippen LogP contribution in [0.15, 0.2) is 23.1 Å². The van der Waals surface area contributed by atoms with Gasteiger partial charge in [0.15, 0.2) is 0 Å². The van der Waals surface area contributed by atoms with Gasteiger partial charge in [0.05, 0.1) is 0 Å². The first-order chi connectivity index (χ1) is 7.44. The predicted molar refractivity (Wildman–Crippen MR) is 73.2 cm³/mol. The lowest BCUT2D eigenvalue weighted by molar-refractivity contribution is -0.0328. The summed E-state index contributed by atoms with van der Waals surface area (Å²) in [6, 6.07) is 5.07. The Morgan fingerprint density at radius 2 is 2.00 bits per heavy atom. The van der Waals surface area contributed by atoms with Gasteiger partial charge in [-0.15, -0.1) is 0 Å². The van der Waals surface area contributed by atoms with Crippen molar-refractivity contribution < 1.29 is 13.2 Å². The molecule has 0 heterocycles. The van der Waals surface area contributed by atoms with Crippen LogP contribution in [0.2, 0.25) is 0 Å². The lowest BCUT2D eigenvalue weighted by atomic mass is 10.1. The molecule has 0 fully saturated rings. The molecule has 0 aliphatic heterocycles. The average molecular weight is 425 g/mol. The third-order valence-corrected chi connectivity index (χ3v) is 4.84. The Kier molecular flexibility index (Phi) is 5.93. The van der Waals surface area contributed by atoms with E-state index in [0.29, 0.717) is 8.47 Å². The number of hydrogen-bond acceptors (Lipinski definition) is 1. The Hall–Kier alpha value is 0.570. The highest BCUT2D eigenvalue weighted by atomic mass is 127. The van der Waals surface area contributed by atoms with Crippen LogP contribution in [0.25, 0.3) is 0 Å². The minimum atomic E-state index is -4.21. The van der Waals surface area contributed by atoms with Crippen LogP contribution in [0.3, 0.4) is 0 Å². The van der Waals surface area contributed by atoms with Gasteiger partial charge >= 0.3 is 5.51 Å². The van der Waals surface area contributed by atoms with E-state index in [0.717, 1.165) is 23.7 Å². The van der Waals surface area contributed by atoms with Crippen molar-refractivity contribution in [2.75, 3.05) is 5.33 Å². The SMILES string of the molecule is FC(F)(F)Sc1cccc(CCCBr)c1I. The maximum atomic E-state index is 12.3. The average Bonchev–Trinajstić information content (AvgIpc) is 2.17. The molecule has 0 N–H and O–H groups in total. The zero-order valence-corrected chi connectivity index (χ0v) is 12.7. The van der Waals surface area contributed by atoms with E-state index in [-0.39, 0.29) is 11.8 Å². The lowest BCUT2D eigenvalue weighted by Crippen LogP contribution is -2.01. The maximum Gasteiger partial charge on any atom is 0.446 e. The molecular formula is C10H9BrF3IS. The second-order valence-electron chi connectivity index (χ2n) is 3.07. The molecule has 0 radical (unpaired) electrons. The summed E-state index contributed by atoms with van der Waals surface area (Å²) >= 11 is 5.25. The largest absolute Gasteiger partial charge is 0.446 e. The van der Waals surface area contributed by atoms with Gasteiger partial charge in [-0.05, 0) is 58.8 Å². The molecule has 6 heteroatoms. The molecule has 0 unspecified atom stereocenters. The summed E-state index contributed by atoms with van der Waals surface area (Å²) in [5.41, 5.74) is -3.23. The second kappa shape index (κ2) is 6.49. The second-order valence-corrected chi connectivity index (χ2v) is 6.05. The van der Waals surface area contributed by atoms with E-state index in [1.165, 1.54) is 6.07 Å². The number of thioether (sulfide) groups is 1. The van der Waals surface area contributed by atoms with Crippen LogP contribution in [0.4, 0.5) is 13.2 Å². The van der Waals surface area contributed by atoms with E-state index >= 15 is 0 Å². The quantitative estimate of drug-likeness (QED) is 0.362. The summed E-state index contributed by atoms with van der Waals surface area (Å²) in [7, 11) is 0. The number of rotatable bonds is 4. The molecule has 90 valence electrons. The van der Waals surface area contributed by atoms with Crippen LogP contribution < -0.4 is 0 Å². The van der Waals surface area contributed by atoms with Gasteiger partial charge in [0, 0.05) is 13.8 Å². The highest BCUT2D eigenvalue weighted by molar-refractivity contribution is 14.1. The van der Waals surface area contributed by atoms with Crippen LogP contribution in [-0.4, -0.2) is 10.8 Å². The van der Waals surface area contributed by atoms with E-state index in [1.807, 2.05) is 28.7 Å². The van der Waals surface area contributed by atoms with Crippen LogP contribution in [0, 0.1) is 3.57 Å². The number of benzene rings is 1. The Bertz CT molecular complexity index is 354. The van der Waals surface area contributed by atoms with Gasteiger partial charge in [0.2, 0.25) is 0 Å². The summed E-state index contributed by atoms with van der Waals surface area (Å²) < 4.78 is 37.5. The number of halogens is 5. The maximum absolute atomic E-state index is 12.3. The van der Waals surface area contributed by atoms with Crippen molar-refractivity contribution in [2.45, 2.75) is 23.2 Å². The topological polar surface area (TPSA) is 0 Å². The normalized spacial score (nSPS) is 11.8. The zero-order valence-electron chi connectivity index (χ0n) is 8.15. The molecular weight excluding hydrogens is 416 g/mol. The van der Waals surface area contributed by atoms with Crippen LogP contribution >= 0.6 is 50.3 Å². The van der Waals surface area contributed by atoms with Crippen molar-refractivity contribution in [3.8, 4) is 0 Å². The van der Waals surface area contributed by atoms with E-state index in [2.05, 4.69) is 15.9 Å². The molecule has 0 aliphatic rings. The number of hydrogen-bond donors (Lipinski definition) is 0. The van der Waals surface area contributed by atoms with Crippen LogP contribution in [-0.2, 0) is 6.42 Å². The standard InChI is InChI=1S/C10H9BrF3IS/c11-6-2-4-7-3-1-5-8(9(7)15)16-10(12,13)14/h1,3,5H,2,4,6H2. The van der Waals surface area contributed by atoms with Crippen molar-refractivity contribution in [2.24, 2.45) is 0 Å². The molecule has 0 aromatic heterocycles. The number of aryl methyl sites for hydroxylation is 1. The van der Waals surface area contributed by atoms with E-state index in [1.54, 1.807) is 6.07 Å². The van der Waals surface area contributed by atoms with E-state index < -0.39 is 5.51 Å². The molecule has 0 saturated carbocycles. The molecule has 0 bridgehead atoms. The smallest absolute Gasteiger partial charge is 0.160 e. The third-order valence-electron chi connectivity index (χ3n) is 1.85. The summed E-state index contributed by atoms with van der Waals surface area (Å²) in [4.78, 5) is 0.292. The number of alkyl halides is 4. The molecule has 1 rings (SSSR count). The fraction of sp³-hybridized carbons (Fsp3) is 0.400. The first-order valence-electron chi connectivity index (χ1n) is 4.53.